The van der Waals surface area contributed by atoms with E-state index in [1.807, 2.05) is 247 Å². The molecule has 0 atom stereocenters. The van der Waals surface area contributed by atoms with Gasteiger partial charge in [0.05, 0.1) is 35.0 Å². The second-order valence-electron chi connectivity index (χ2n) is 13.0. The first kappa shape index (κ1) is 74.7. The number of anilines is 3. The van der Waals surface area contributed by atoms with Crippen LogP contribution in [0.2, 0.25) is 0 Å². The molecule has 0 aromatic heterocycles. The number of methoxy groups -OCH3 is 5. The fourth-order valence-electron chi connectivity index (χ4n) is 5.40. The molecule has 7 aromatic carbocycles. The molecule has 0 radical (unpaired) electrons. The highest BCUT2D eigenvalue weighted by Crippen LogP contribution is 2.34. The van der Waals surface area contributed by atoms with Gasteiger partial charge in [0.1, 0.15) is 29.6 Å². The Morgan fingerprint density at radius 3 is 0.934 bits per heavy atom. The van der Waals surface area contributed by atoms with E-state index < -0.39 is 6.16 Å². The third-order valence-corrected chi connectivity index (χ3v) is 8.36. The molecule has 0 unspecified atom stereocenters. The van der Waals surface area contributed by atoms with Crippen LogP contribution in [-0.4, -0.2) is 60.9 Å². The molecule has 0 N–H and O–H groups in total. The molecule has 0 fully saturated rings. The van der Waals surface area contributed by atoms with Gasteiger partial charge in [0, 0.05) is 31.1 Å². The molecule has 0 aliphatic rings. The second kappa shape index (κ2) is 56.5. The molecule has 0 amide bonds. The van der Waals surface area contributed by atoms with E-state index in [0.29, 0.717) is 12.4 Å². The molecule has 0 spiro atoms. The van der Waals surface area contributed by atoms with Gasteiger partial charge in [0.25, 0.3) is 0 Å². The summed E-state index contributed by atoms with van der Waals surface area (Å²) in [6, 6.07) is 66.7. The zero-order valence-corrected chi connectivity index (χ0v) is 49.2. The Morgan fingerprint density at radius 1 is 0.382 bits per heavy atom. The number of nitrogens with zero attached hydrogens (tertiary/aromatic N) is 1. The minimum Gasteiger partial charge on any atom is -0.497 e. The van der Waals surface area contributed by atoms with Crippen molar-refractivity contribution >= 4 is 35.3 Å². The highest BCUT2D eigenvalue weighted by atomic mass is 16.7. The van der Waals surface area contributed by atoms with Crippen LogP contribution in [-0.2, 0) is 19.0 Å². The summed E-state index contributed by atoms with van der Waals surface area (Å²) in [6.45, 7) is 25.9. The quantitative estimate of drug-likeness (QED) is 0.0868. The van der Waals surface area contributed by atoms with Gasteiger partial charge in [0.2, 0.25) is 0 Å². The molecular formula is C66H93NO9. The molecule has 76 heavy (non-hydrogen) atoms. The van der Waals surface area contributed by atoms with Gasteiger partial charge >= 0.3 is 12.1 Å². The fraction of sp³-hybridized carbons (Fsp3) is 0.303. The van der Waals surface area contributed by atoms with E-state index in [-0.39, 0.29) is 12.6 Å². The number of esters is 1. The van der Waals surface area contributed by atoms with Crippen molar-refractivity contribution < 1.29 is 42.7 Å². The smallest absolute Gasteiger partial charge is 0.497 e. The zero-order chi connectivity index (χ0) is 58.0. The number of carbonyl (C=O) groups is 2. The molecule has 0 saturated heterocycles. The molecule has 10 heteroatoms. The van der Waals surface area contributed by atoms with Crippen LogP contribution < -0.4 is 23.8 Å². The molecule has 0 heterocycles. The Bertz CT molecular complexity index is 2150. The van der Waals surface area contributed by atoms with E-state index in [9.17, 15) is 9.59 Å². The summed E-state index contributed by atoms with van der Waals surface area (Å²) in [4.78, 5) is 23.8. The number of benzene rings is 7. The maximum atomic E-state index is 11.2. The summed E-state index contributed by atoms with van der Waals surface area (Å²) >= 11 is 0. The fourth-order valence-corrected chi connectivity index (χ4v) is 5.40. The van der Waals surface area contributed by atoms with Gasteiger partial charge < -0.3 is 38.1 Å². The molecule has 416 valence electrons. The first-order valence-corrected chi connectivity index (χ1v) is 26.2. The molecule has 0 aliphatic heterocycles. The Labute approximate surface area is 460 Å². The van der Waals surface area contributed by atoms with Crippen molar-refractivity contribution in [2.45, 2.75) is 90.0 Å². The van der Waals surface area contributed by atoms with Crippen molar-refractivity contribution in [1.82, 2.24) is 0 Å². The molecular weight excluding hydrogens is 951 g/mol. The Morgan fingerprint density at radius 2 is 0.671 bits per heavy atom. The first-order valence-electron chi connectivity index (χ1n) is 26.2. The number of hydrogen-bond acceptors (Lipinski definition) is 10. The van der Waals surface area contributed by atoms with Gasteiger partial charge in [-0.25, -0.2) is 4.79 Å². The van der Waals surface area contributed by atoms with E-state index in [1.54, 1.807) is 40.6 Å². The van der Waals surface area contributed by atoms with Crippen LogP contribution in [0.4, 0.5) is 21.9 Å². The second-order valence-corrected chi connectivity index (χ2v) is 13.0. The zero-order valence-electron chi connectivity index (χ0n) is 49.2. The average molecular weight is 1040 g/mol. The minimum absolute atomic E-state index is 0.114. The topological polar surface area (TPSA) is 102 Å². The van der Waals surface area contributed by atoms with Gasteiger partial charge in [-0.1, -0.05) is 210 Å². The predicted octanol–water partition coefficient (Wildman–Crippen LogP) is 18.8. The Kier molecular flexibility index (Phi) is 55.5. The van der Waals surface area contributed by atoms with E-state index in [2.05, 4.69) is 46.0 Å². The van der Waals surface area contributed by atoms with E-state index in [0.717, 1.165) is 45.4 Å². The maximum Gasteiger partial charge on any atom is 0.508 e. The lowest BCUT2D eigenvalue weighted by molar-refractivity contribution is -0.131. The van der Waals surface area contributed by atoms with Crippen LogP contribution in [0.3, 0.4) is 0 Å². The molecule has 0 aliphatic carbocycles. The van der Waals surface area contributed by atoms with Crippen molar-refractivity contribution in [1.29, 1.82) is 0 Å². The Hall–Kier alpha value is -7.82. The summed E-state index contributed by atoms with van der Waals surface area (Å²) < 4.78 is 34.3. The van der Waals surface area contributed by atoms with Crippen LogP contribution in [0, 0.1) is 0 Å². The highest BCUT2D eigenvalue weighted by Gasteiger charge is 2.12. The number of ether oxygens (including phenoxy) is 7. The lowest BCUT2D eigenvalue weighted by Gasteiger charge is -2.25. The molecule has 0 bridgehead atoms. The summed E-state index contributed by atoms with van der Waals surface area (Å²) in [5.41, 5.74) is 5.03. The number of hydrogen-bond donors (Lipinski definition) is 0. The SMILES string of the molecule is CC.CC.CC.CC.CC.CC.CC(=O)Oc1ccccc1.COCC(=Cc1ccc(N(c2ccccc2)c2ccccc2)cc1)COC(=O)OC.COc1ccccc1.COc1ccccc1.COc1ccccc1. The summed E-state index contributed by atoms with van der Waals surface area (Å²) in [5.74, 6) is 3.04. The highest BCUT2D eigenvalue weighted by molar-refractivity contribution is 5.77. The van der Waals surface area contributed by atoms with Crippen LogP contribution in [0.5, 0.6) is 23.0 Å². The lowest BCUT2D eigenvalue weighted by atomic mass is 10.1. The van der Waals surface area contributed by atoms with E-state index >= 15 is 0 Å². The van der Waals surface area contributed by atoms with Gasteiger partial charge in [0.15, 0.2) is 0 Å². The normalized spacial score (nSPS) is 8.74. The van der Waals surface area contributed by atoms with E-state index in [4.69, 9.17) is 28.4 Å². The summed E-state index contributed by atoms with van der Waals surface area (Å²) in [7, 11) is 7.87. The largest absolute Gasteiger partial charge is 0.508 e. The van der Waals surface area contributed by atoms with Crippen LogP contribution in [0.25, 0.3) is 6.08 Å². The predicted molar refractivity (Wildman–Crippen MR) is 324 cm³/mol. The van der Waals surface area contributed by atoms with Crippen molar-refractivity contribution in [2.75, 3.05) is 53.7 Å². The van der Waals surface area contributed by atoms with Crippen molar-refractivity contribution in [3.63, 3.8) is 0 Å². The lowest BCUT2D eigenvalue weighted by Crippen LogP contribution is -2.10. The monoisotopic (exact) mass is 1040 g/mol. The van der Waals surface area contributed by atoms with Gasteiger partial charge in [-0.2, -0.15) is 0 Å². The third-order valence-electron chi connectivity index (χ3n) is 8.36. The molecule has 0 saturated carbocycles. The molecule has 10 nitrogen and oxygen atoms in total. The molecule has 7 rings (SSSR count). The maximum absolute atomic E-state index is 11.2. The number of para-hydroxylation sites is 6. The standard InChI is InChI=1S/C25H25NO4.C8H8O2.3C7H8O.6C2H6/c1-28-18-21(19-30-25(27)29-2)17-20-13-15-24(16-14-20)26(22-9-5-3-6-10-22)23-11-7-4-8-12-23;1-7(9)10-8-5-3-2-4-6-8;3*1-8-7-5-3-2-4-6-7;6*1-2/h3-17H,18-19H2,1-2H3;2-6H,1H3;3*2-6H,1H3;6*1-2H3. The van der Waals surface area contributed by atoms with Crippen LogP contribution >= 0.6 is 0 Å². The van der Waals surface area contributed by atoms with Gasteiger partial charge in [-0.3, -0.25) is 4.79 Å². The Balaban J connectivity index is -0.000000461. The number of rotatable bonds is 12. The van der Waals surface area contributed by atoms with Gasteiger partial charge in [-0.05, 0) is 96.1 Å². The van der Waals surface area contributed by atoms with Gasteiger partial charge in [-0.15, -0.1) is 0 Å². The summed E-state index contributed by atoms with van der Waals surface area (Å²) in [5, 5.41) is 0. The van der Waals surface area contributed by atoms with Crippen molar-refractivity contribution in [2.24, 2.45) is 0 Å². The summed E-state index contributed by atoms with van der Waals surface area (Å²) in [6.07, 6.45) is 1.24. The third kappa shape index (κ3) is 37.9. The first-order chi connectivity index (χ1) is 37.3. The average Bonchev–Trinajstić information content (AvgIpc) is 3.52. The van der Waals surface area contributed by atoms with Crippen LogP contribution in [0.15, 0.2) is 212 Å². The van der Waals surface area contributed by atoms with Crippen LogP contribution in [0.1, 0.15) is 95.6 Å². The molecule has 7 aromatic rings. The van der Waals surface area contributed by atoms with E-state index in [1.165, 1.54) is 14.0 Å². The minimum atomic E-state index is -0.714. The van der Waals surface area contributed by atoms with Crippen molar-refractivity contribution in [3.05, 3.63) is 217 Å². The van der Waals surface area contributed by atoms with Crippen molar-refractivity contribution in [3.8, 4) is 23.0 Å². The number of carbonyl (C=O) groups excluding carboxylic acids is 2.